The number of aromatic hydroxyl groups is 1. The van der Waals surface area contributed by atoms with Crippen LogP contribution in [-0.2, 0) is 6.54 Å². The highest BCUT2D eigenvalue weighted by atomic mass is 16.3. The summed E-state index contributed by atoms with van der Waals surface area (Å²) in [5, 5.41) is 12.7. The molecule has 0 radical (unpaired) electrons. The van der Waals surface area contributed by atoms with Gasteiger partial charge in [-0.3, -0.25) is 4.90 Å². The summed E-state index contributed by atoms with van der Waals surface area (Å²) >= 11 is 0. The third-order valence-electron chi connectivity index (χ3n) is 4.60. The zero-order chi connectivity index (χ0) is 13.9. The third-order valence-corrected chi connectivity index (χ3v) is 4.60. The molecule has 2 nitrogen and oxygen atoms in total. The minimum absolute atomic E-state index is 0.434. The maximum absolute atomic E-state index is 10.3. The molecule has 2 heteroatoms. The molecule has 1 aliphatic heterocycles. The van der Waals surface area contributed by atoms with Crippen LogP contribution in [0.4, 0.5) is 0 Å². The summed E-state index contributed by atoms with van der Waals surface area (Å²) in [5.41, 5.74) is 1.09. The van der Waals surface area contributed by atoms with E-state index in [2.05, 4.69) is 36.1 Å². The van der Waals surface area contributed by atoms with E-state index in [1.807, 2.05) is 12.1 Å². The van der Waals surface area contributed by atoms with Gasteiger partial charge in [-0.1, -0.05) is 43.7 Å². The number of phenols is 1. The van der Waals surface area contributed by atoms with Crippen LogP contribution in [0, 0.1) is 0 Å². The summed E-state index contributed by atoms with van der Waals surface area (Å²) in [6.07, 6.45) is 5.12. The Morgan fingerprint density at radius 1 is 1.15 bits per heavy atom. The van der Waals surface area contributed by atoms with Gasteiger partial charge in [0.15, 0.2) is 0 Å². The van der Waals surface area contributed by atoms with Crippen molar-refractivity contribution in [1.82, 2.24) is 4.90 Å². The number of fused-ring (bicyclic) bond motifs is 1. The molecular formula is C18H23NO. The Hall–Kier alpha value is -1.54. The Morgan fingerprint density at radius 3 is 2.85 bits per heavy atom. The van der Waals surface area contributed by atoms with Crippen molar-refractivity contribution in [2.24, 2.45) is 0 Å². The molecule has 2 aromatic rings. The van der Waals surface area contributed by atoms with Gasteiger partial charge >= 0.3 is 0 Å². The summed E-state index contributed by atoms with van der Waals surface area (Å²) in [5.74, 6) is 0.434. The largest absolute Gasteiger partial charge is 0.508 e. The van der Waals surface area contributed by atoms with Crippen molar-refractivity contribution in [3.63, 3.8) is 0 Å². The van der Waals surface area contributed by atoms with Crippen LogP contribution < -0.4 is 0 Å². The van der Waals surface area contributed by atoms with E-state index in [0.717, 1.165) is 18.7 Å². The fourth-order valence-electron chi connectivity index (χ4n) is 3.42. The second-order valence-corrected chi connectivity index (χ2v) is 5.81. The number of hydrogen-bond donors (Lipinski definition) is 1. The third kappa shape index (κ3) is 2.53. The first-order valence-electron chi connectivity index (χ1n) is 7.73. The molecule has 0 unspecified atom stereocenters. The molecule has 1 atom stereocenters. The van der Waals surface area contributed by atoms with Gasteiger partial charge in [-0.15, -0.1) is 0 Å². The average molecular weight is 269 g/mol. The van der Waals surface area contributed by atoms with Gasteiger partial charge in [0.2, 0.25) is 0 Å². The number of piperidine rings is 1. The minimum Gasteiger partial charge on any atom is -0.508 e. The van der Waals surface area contributed by atoms with Gasteiger partial charge in [-0.25, -0.2) is 0 Å². The van der Waals surface area contributed by atoms with E-state index in [0.29, 0.717) is 11.8 Å². The quantitative estimate of drug-likeness (QED) is 0.897. The standard InChI is InChI=1S/C18H23NO/c1-2-15-8-5-6-12-19(15)13-17-16-9-4-3-7-14(16)10-11-18(17)20/h3-4,7,9-11,15,20H,2,5-6,8,12-13H2,1H3/t15-/m1/s1. The van der Waals surface area contributed by atoms with Gasteiger partial charge in [0.05, 0.1) is 0 Å². The van der Waals surface area contributed by atoms with Crippen LogP contribution in [0.5, 0.6) is 5.75 Å². The zero-order valence-electron chi connectivity index (χ0n) is 12.2. The van der Waals surface area contributed by atoms with Gasteiger partial charge in [-0.2, -0.15) is 0 Å². The number of likely N-dealkylation sites (tertiary alicyclic amines) is 1. The van der Waals surface area contributed by atoms with Crippen molar-refractivity contribution in [3.8, 4) is 5.75 Å². The molecule has 0 aromatic heterocycles. The lowest BCUT2D eigenvalue weighted by Gasteiger charge is -2.35. The van der Waals surface area contributed by atoms with E-state index in [9.17, 15) is 5.11 Å². The maximum Gasteiger partial charge on any atom is 0.120 e. The second-order valence-electron chi connectivity index (χ2n) is 5.81. The normalized spacial score (nSPS) is 20.4. The second kappa shape index (κ2) is 5.84. The molecule has 1 fully saturated rings. The summed E-state index contributed by atoms with van der Waals surface area (Å²) < 4.78 is 0. The fourth-order valence-corrected chi connectivity index (χ4v) is 3.42. The molecule has 20 heavy (non-hydrogen) atoms. The Bertz CT molecular complexity index is 593. The number of phenolic OH excluding ortho intramolecular Hbond substituents is 1. The maximum atomic E-state index is 10.3. The summed E-state index contributed by atoms with van der Waals surface area (Å²) in [6, 6.07) is 12.9. The highest BCUT2D eigenvalue weighted by Gasteiger charge is 2.22. The Kier molecular flexibility index (Phi) is 3.93. The highest BCUT2D eigenvalue weighted by molar-refractivity contribution is 5.87. The van der Waals surface area contributed by atoms with Crippen molar-refractivity contribution in [3.05, 3.63) is 42.0 Å². The van der Waals surface area contributed by atoms with E-state index in [-0.39, 0.29) is 0 Å². The van der Waals surface area contributed by atoms with E-state index < -0.39 is 0 Å². The molecule has 106 valence electrons. The Balaban J connectivity index is 1.95. The van der Waals surface area contributed by atoms with Crippen LogP contribution in [0.1, 0.15) is 38.2 Å². The van der Waals surface area contributed by atoms with Gasteiger partial charge in [-0.05, 0) is 42.6 Å². The van der Waals surface area contributed by atoms with Gasteiger partial charge < -0.3 is 5.11 Å². The van der Waals surface area contributed by atoms with Crippen molar-refractivity contribution in [2.75, 3.05) is 6.54 Å². The van der Waals surface area contributed by atoms with Crippen molar-refractivity contribution in [1.29, 1.82) is 0 Å². The van der Waals surface area contributed by atoms with Gasteiger partial charge in [0.1, 0.15) is 5.75 Å². The average Bonchev–Trinajstić information content (AvgIpc) is 2.50. The molecule has 1 N–H and O–H groups in total. The molecule has 3 rings (SSSR count). The lowest BCUT2D eigenvalue weighted by Crippen LogP contribution is -2.38. The fraction of sp³-hybridized carbons (Fsp3) is 0.444. The summed E-state index contributed by atoms with van der Waals surface area (Å²) in [4.78, 5) is 2.55. The van der Waals surface area contributed by atoms with E-state index in [1.54, 1.807) is 0 Å². The van der Waals surface area contributed by atoms with E-state index >= 15 is 0 Å². The molecule has 0 amide bonds. The lowest BCUT2D eigenvalue weighted by atomic mass is 9.97. The molecule has 0 bridgehead atoms. The Labute approximate surface area is 121 Å². The molecule has 1 saturated heterocycles. The van der Waals surface area contributed by atoms with Gasteiger partial charge in [0.25, 0.3) is 0 Å². The van der Waals surface area contributed by atoms with Crippen molar-refractivity contribution in [2.45, 2.75) is 45.2 Å². The molecule has 1 heterocycles. The highest BCUT2D eigenvalue weighted by Crippen LogP contribution is 2.30. The first kappa shape index (κ1) is 13.4. The minimum atomic E-state index is 0.434. The van der Waals surface area contributed by atoms with Crippen LogP contribution in [0.2, 0.25) is 0 Å². The van der Waals surface area contributed by atoms with Crippen LogP contribution in [-0.4, -0.2) is 22.6 Å². The van der Waals surface area contributed by atoms with Crippen LogP contribution >= 0.6 is 0 Å². The topological polar surface area (TPSA) is 23.5 Å². The lowest BCUT2D eigenvalue weighted by molar-refractivity contribution is 0.135. The first-order chi connectivity index (χ1) is 9.79. The number of nitrogens with zero attached hydrogens (tertiary/aromatic N) is 1. The van der Waals surface area contributed by atoms with Crippen LogP contribution in [0.15, 0.2) is 36.4 Å². The number of rotatable bonds is 3. The summed E-state index contributed by atoms with van der Waals surface area (Å²) in [6.45, 7) is 4.29. The van der Waals surface area contributed by atoms with Crippen molar-refractivity contribution >= 4 is 10.8 Å². The molecule has 0 aliphatic carbocycles. The number of hydrogen-bond acceptors (Lipinski definition) is 2. The van der Waals surface area contributed by atoms with Gasteiger partial charge in [0, 0.05) is 18.2 Å². The molecule has 0 spiro atoms. The zero-order valence-corrected chi connectivity index (χ0v) is 12.2. The van der Waals surface area contributed by atoms with Crippen LogP contribution in [0.25, 0.3) is 10.8 Å². The molecular weight excluding hydrogens is 246 g/mol. The SMILES string of the molecule is CC[C@@H]1CCCCN1Cc1c(O)ccc2ccccc12. The number of benzene rings is 2. The monoisotopic (exact) mass is 269 g/mol. The van der Waals surface area contributed by atoms with Crippen LogP contribution in [0.3, 0.4) is 0 Å². The predicted octanol–water partition coefficient (Wildman–Crippen LogP) is 4.31. The smallest absolute Gasteiger partial charge is 0.120 e. The Morgan fingerprint density at radius 2 is 2.00 bits per heavy atom. The van der Waals surface area contributed by atoms with E-state index in [4.69, 9.17) is 0 Å². The molecule has 1 aliphatic rings. The molecule has 0 saturated carbocycles. The molecule has 2 aromatic carbocycles. The first-order valence-corrected chi connectivity index (χ1v) is 7.73. The van der Waals surface area contributed by atoms with Crippen molar-refractivity contribution < 1.29 is 5.11 Å². The predicted molar refractivity (Wildman–Crippen MR) is 84.0 cm³/mol. The summed E-state index contributed by atoms with van der Waals surface area (Å²) in [7, 11) is 0. The van der Waals surface area contributed by atoms with E-state index in [1.165, 1.54) is 36.5 Å².